The first-order valence-corrected chi connectivity index (χ1v) is 8.91. The Hall–Kier alpha value is -0.910. The molecule has 88 valence electrons. The van der Waals surface area contributed by atoms with Crippen LogP contribution in [0, 0.1) is 3.57 Å². The molecule has 0 amide bonds. The summed E-state index contributed by atoms with van der Waals surface area (Å²) in [5.74, 6) is -0.925. The van der Waals surface area contributed by atoms with E-state index in [4.69, 9.17) is 4.55 Å². The van der Waals surface area contributed by atoms with Crippen molar-refractivity contribution in [3.63, 3.8) is 0 Å². The fraction of sp³-hybridized carbons (Fsp3) is 0. The van der Waals surface area contributed by atoms with Gasteiger partial charge in [0, 0.05) is 0 Å². The van der Waals surface area contributed by atoms with Crippen molar-refractivity contribution in [3.05, 3.63) is 33.4 Å². The molecule has 1 aliphatic rings. The molecule has 0 aliphatic carbocycles. The fourth-order valence-electron chi connectivity index (χ4n) is 1.16. The van der Waals surface area contributed by atoms with Crippen molar-refractivity contribution < 1.29 is 26.4 Å². The van der Waals surface area contributed by atoms with Crippen molar-refractivity contribution in [2.45, 2.75) is 0 Å². The Kier molecular flexibility index (Phi) is 2.57. The first kappa shape index (κ1) is 11.6. The molecule has 1 unspecified atom stereocenters. The minimum absolute atomic E-state index is 0.0162. The molecule has 2 rings (SSSR count). The molecule has 1 atom stereocenters. The van der Waals surface area contributed by atoms with E-state index in [1.807, 2.05) is 0 Å². The van der Waals surface area contributed by atoms with Crippen LogP contribution in [0.1, 0.15) is 10.4 Å². The number of fused-ring (bicyclic) bond motifs is 1. The van der Waals surface area contributed by atoms with Gasteiger partial charge in [-0.05, 0) is 0 Å². The van der Waals surface area contributed by atoms with Crippen LogP contribution in [0.25, 0.3) is 0 Å². The summed E-state index contributed by atoms with van der Waals surface area (Å²) in [6, 6.07) is 5.54. The number of carbonyl (C=O) groups excluding carboxylic acids is 1. The predicted octanol–water partition coefficient (Wildman–Crippen LogP) is 1.06. The topological polar surface area (TPSA) is 107 Å². The molecule has 0 aromatic heterocycles. The standard InChI is InChI=1S/C7H5IO7S/c9-7-5-3-1-2-4-6(5)8(10,14-7)15-16(11,12)13/h1-4H,(H,11,12,13). The van der Waals surface area contributed by atoms with Crippen molar-refractivity contribution in [1.29, 1.82) is 0 Å². The summed E-state index contributed by atoms with van der Waals surface area (Å²) in [7, 11) is -4.94. The molecule has 1 aliphatic heterocycles. The Morgan fingerprint density at radius 1 is 1.31 bits per heavy atom. The molecule has 0 bridgehead atoms. The van der Waals surface area contributed by atoms with Gasteiger partial charge in [-0.3, -0.25) is 0 Å². The normalized spacial score (nSPS) is 27.9. The number of hydrogen-bond donors (Lipinski definition) is 1. The van der Waals surface area contributed by atoms with E-state index in [0.717, 1.165) is 0 Å². The molecular weight excluding hydrogens is 355 g/mol. The fourth-order valence-corrected chi connectivity index (χ4v) is 6.82. The maximum absolute atomic E-state index is 11.9. The summed E-state index contributed by atoms with van der Waals surface area (Å²) < 4.78 is 49.7. The predicted molar refractivity (Wildman–Crippen MR) is 57.9 cm³/mol. The quantitative estimate of drug-likeness (QED) is 0.621. The molecule has 7 nitrogen and oxygen atoms in total. The summed E-state index contributed by atoms with van der Waals surface area (Å²) in [4.78, 5) is 11.2. The first-order valence-electron chi connectivity index (χ1n) is 3.82. The van der Waals surface area contributed by atoms with Crippen LogP contribution >= 0.6 is 19.3 Å². The van der Waals surface area contributed by atoms with Crippen LogP contribution in [-0.2, 0) is 19.0 Å². The molecule has 9 heteroatoms. The van der Waals surface area contributed by atoms with Gasteiger partial charge in [0.2, 0.25) is 0 Å². The average Bonchev–Trinajstić information content (AvgIpc) is 2.37. The van der Waals surface area contributed by atoms with Gasteiger partial charge < -0.3 is 0 Å². The van der Waals surface area contributed by atoms with E-state index in [9.17, 15) is 16.3 Å². The number of rotatable bonds is 2. The summed E-state index contributed by atoms with van der Waals surface area (Å²) >= 11 is -5.11. The van der Waals surface area contributed by atoms with E-state index in [1.165, 1.54) is 24.3 Å². The molecular formula is C7H5IO7S. The molecule has 16 heavy (non-hydrogen) atoms. The van der Waals surface area contributed by atoms with E-state index in [2.05, 4.69) is 5.58 Å². The van der Waals surface area contributed by atoms with Gasteiger partial charge in [0.15, 0.2) is 0 Å². The SMILES string of the molecule is O=C1OI(=O)(OS(=O)(=O)O)c2ccccc21. The second kappa shape index (κ2) is 3.55. The van der Waals surface area contributed by atoms with Gasteiger partial charge in [0.25, 0.3) is 0 Å². The van der Waals surface area contributed by atoms with Gasteiger partial charge in [-0.25, -0.2) is 0 Å². The molecule has 1 heterocycles. The monoisotopic (exact) mass is 360 g/mol. The Bertz CT molecular complexity index is 605. The maximum atomic E-state index is 11.9. The van der Waals surface area contributed by atoms with Crippen LogP contribution in [0.4, 0.5) is 0 Å². The second-order valence-corrected chi connectivity index (χ2v) is 8.82. The van der Waals surface area contributed by atoms with E-state index in [1.54, 1.807) is 0 Å². The van der Waals surface area contributed by atoms with Crippen molar-refractivity contribution in [2.24, 2.45) is 0 Å². The van der Waals surface area contributed by atoms with Crippen LogP contribution in [0.15, 0.2) is 24.3 Å². The van der Waals surface area contributed by atoms with Crippen LogP contribution in [0.5, 0.6) is 0 Å². The molecule has 1 aromatic carbocycles. The minimum atomic E-state index is -5.11. The summed E-state index contributed by atoms with van der Waals surface area (Å²) in [6.45, 7) is 0. The molecule has 0 spiro atoms. The summed E-state index contributed by atoms with van der Waals surface area (Å²) in [6.07, 6.45) is 0. The van der Waals surface area contributed by atoms with Crippen LogP contribution in [0.3, 0.4) is 0 Å². The molecule has 0 saturated carbocycles. The molecule has 1 N–H and O–H groups in total. The number of halogens is 1. The second-order valence-electron chi connectivity index (χ2n) is 2.76. The molecule has 0 fully saturated rings. The molecule has 1 aromatic rings. The van der Waals surface area contributed by atoms with Gasteiger partial charge >= 0.3 is 95.4 Å². The van der Waals surface area contributed by atoms with E-state index < -0.39 is 35.6 Å². The van der Waals surface area contributed by atoms with E-state index in [-0.39, 0.29) is 9.13 Å². The van der Waals surface area contributed by atoms with Gasteiger partial charge in [-0.1, -0.05) is 0 Å². The van der Waals surface area contributed by atoms with Crippen LogP contribution in [0.2, 0.25) is 0 Å². The molecule has 0 radical (unpaired) electrons. The Morgan fingerprint density at radius 3 is 2.56 bits per heavy atom. The third-order valence-electron chi connectivity index (χ3n) is 1.68. The zero-order valence-electron chi connectivity index (χ0n) is 7.49. The molecule has 0 saturated heterocycles. The van der Waals surface area contributed by atoms with Crippen molar-refractivity contribution in [1.82, 2.24) is 0 Å². The number of carbonyl (C=O) groups is 1. The summed E-state index contributed by atoms with van der Waals surface area (Å²) in [5, 5.41) is 0. The van der Waals surface area contributed by atoms with Gasteiger partial charge in [-0.2, -0.15) is 0 Å². The Labute approximate surface area is 95.3 Å². The van der Waals surface area contributed by atoms with Crippen molar-refractivity contribution >= 4 is 35.6 Å². The number of benzene rings is 1. The van der Waals surface area contributed by atoms with E-state index in [0.29, 0.717) is 0 Å². The van der Waals surface area contributed by atoms with Gasteiger partial charge in [0.05, 0.1) is 0 Å². The Morgan fingerprint density at radius 2 is 1.94 bits per heavy atom. The number of hydrogen-bond acceptors (Lipinski definition) is 6. The van der Waals surface area contributed by atoms with E-state index >= 15 is 0 Å². The Balaban J connectivity index is 2.56. The summed E-state index contributed by atoms with van der Waals surface area (Å²) in [5.41, 5.74) is -0.0162. The van der Waals surface area contributed by atoms with Crippen LogP contribution < -0.4 is 0 Å². The van der Waals surface area contributed by atoms with Gasteiger partial charge in [0.1, 0.15) is 0 Å². The van der Waals surface area contributed by atoms with Crippen LogP contribution in [-0.4, -0.2) is 18.9 Å². The zero-order chi connectivity index (χ0) is 12.0. The van der Waals surface area contributed by atoms with Crippen molar-refractivity contribution in [2.75, 3.05) is 0 Å². The zero-order valence-corrected chi connectivity index (χ0v) is 10.5. The first-order chi connectivity index (χ1) is 7.32. The third kappa shape index (κ3) is 1.98. The van der Waals surface area contributed by atoms with Crippen molar-refractivity contribution in [3.8, 4) is 0 Å². The van der Waals surface area contributed by atoms with Gasteiger partial charge in [-0.15, -0.1) is 0 Å². The third-order valence-corrected chi connectivity index (χ3v) is 8.13. The average molecular weight is 360 g/mol.